The molecule has 0 radical (unpaired) electrons. The number of ether oxygens (including phenoxy) is 1. The number of hydrogen-bond donors (Lipinski definition) is 4. The molecule has 3 aromatic rings. The highest BCUT2D eigenvalue weighted by molar-refractivity contribution is 6.31. The van der Waals surface area contributed by atoms with Crippen LogP contribution >= 0.6 is 11.6 Å². The van der Waals surface area contributed by atoms with E-state index in [-0.39, 0.29) is 53.8 Å². The number of hydrogen-bond acceptors (Lipinski definition) is 7. The number of benzene rings is 1. The standard InChI is InChI=1S/C24H21ClF4N6O3/c25-17-7-15(34-20-16(24(27,28)29)2-1-3-18(20)26)10-32-19(17)11-33-22(37)23(4-5-38-12-23)35-21(36)13-6-14(30)9-31-8-13/h1-3,6-10,34H,4-5,11-12,30H2,(H,33,37)(H,35,36). The number of amides is 2. The number of nitrogens with zero attached hydrogens (tertiary/aromatic N) is 2. The second-order valence-electron chi connectivity index (χ2n) is 8.47. The first-order valence-corrected chi connectivity index (χ1v) is 11.5. The van der Waals surface area contributed by atoms with Crippen molar-refractivity contribution in [3.05, 3.63) is 76.6 Å². The highest BCUT2D eigenvalue weighted by Gasteiger charge is 2.44. The van der Waals surface area contributed by atoms with Crippen LogP contribution in [-0.4, -0.2) is 40.5 Å². The molecule has 4 rings (SSSR count). The van der Waals surface area contributed by atoms with Gasteiger partial charge in [-0.25, -0.2) is 4.39 Å². The second kappa shape index (κ2) is 10.8. The van der Waals surface area contributed by atoms with E-state index in [1.165, 1.54) is 24.5 Å². The highest BCUT2D eigenvalue weighted by atomic mass is 35.5. The van der Waals surface area contributed by atoms with Crippen molar-refractivity contribution in [3.8, 4) is 0 Å². The topological polar surface area (TPSA) is 131 Å². The molecule has 1 saturated heterocycles. The summed E-state index contributed by atoms with van der Waals surface area (Å²) in [5.74, 6) is -2.22. The predicted molar refractivity (Wildman–Crippen MR) is 130 cm³/mol. The Hall–Kier alpha value is -3.97. The predicted octanol–water partition coefficient (Wildman–Crippen LogP) is 3.82. The van der Waals surface area contributed by atoms with E-state index in [0.29, 0.717) is 0 Å². The molecule has 200 valence electrons. The third kappa shape index (κ3) is 5.94. The molecular formula is C24H21ClF4N6O3. The quantitative estimate of drug-likeness (QED) is 0.328. The second-order valence-corrected chi connectivity index (χ2v) is 8.87. The minimum Gasteiger partial charge on any atom is -0.397 e. The van der Waals surface area contributed by atoms with Crippen LogP contribution in [0.1, 0.15) is 28.0 Å². The first-order chi connectivity index (χ1) is 18.0. The van der Waals surface area contributed by atoms with Gasteiger partial charge in [-0.15, -0.1) is 0 Å². The Balaban J connectivity index is 1.45. The van der Waals surface area contributed by atoms with Gasteiger partial charge in [-0.3, -0.25) is 19.6 Å². The van der Waals surface area contributed by atoms with Gasteiger partial charge >= 0.3 is 6.18 Å². The Kier molecular flexibility index (Phi) is 7.69. The molecule has 1 atom stereocenters. The fraction of sp³-hybridized carbons (Fsp3) is 0.250. The van der Waals surface area contributed by atoms with Crippen LogP contribution in [0.3, 0.4) is 0 Å². The number of nitrogen functional groups attached to an aromatic ring is 1. The van der Waals surface area contributed by atoms with Gasteiger partial charge in [-0.2, -0.15) is 13.2 Å². The number of nitrogens with two attached hydrogens (primary N) is 1. The molecule has 38 heavy (non-hydrogen) atoms. The number of alkyl halides is 3. The van der Waals surface area contributed by atoms with E-state index < -0.39 is 40.6 Å². The molecule has 2 amide bonds. The number of halogens is 5. The lowest BCUT2D eigenvalue weighted by atomic mass is 9.96. The molecule has 1 aliphatic rings. The number of nitrogens with one attached hydrogen (secondary N) is 3. The monoisotopic (exact) mass is 552 g/mol. The molecule has 1 aliphatic heterocycles. The van der Waals surface area contributed by atoms with Crippen LogP contribution in [0.4, 0.5) is 34.6 Å². The molecule has 0 spiro atoms. The van der Waals surface area contributed by atoms with Crippen LogP contribution in [0, 0.1) is 5.82 Å². The normalized spacial score (nSPS) is 17.2. The van der Waals surface area contributed by atoms with Crippen LogP contribution in [0.2, 0.25) is 5.02 Å². The van der Waals surface area contributed by atoms with Crippen LogP contribution in [0.25, 0.3) is 0 Å². The maximum Gasteiger partial charge on any atom is 0.418 e. The SMILES string of the molecule is Nc1cncc(C(=O)NC2(C(=O)NCc3ncc(Nc4c(F)cccc4C(F)(F)F)cc3Cl)CCOC2)c1. The molecule has 0 saturated carbocycles. The number of rotatable bonds is 7. The summed E-state index contributed by atoms with van der Waals surface area (Å²) in [7, 11) is 0. The van der Waals surface area contributed by atoms with Gasteiger partial charge in [0.1, 0.15) is 11.4 Å². The molecule has 3 heterocycles. The first-order valence-electron chi connectivity index (χ1n) is 11.1. The third-order valence-corrected chi connectivity index (χ3v) is 6.08. The molecule has 5 N–H and O–H groups in total. The number of pyridine rings is 2. The molecular weight excluding hydrogens is 532 g/mol. The molecule has 1 fully saturated rings. The van der Waals surface area contributed by atoms with E-state index in [4.69, 9.17) is 22.1 Å². The van der Waals surface area contributed by atoms with Crippen molar-refractivity contribution in [1.82, 2.24) is 20.6 Å². The number of carbonyl (C=O) groups excluding carboxylic acids is 2. The Morgan fingerprint density at radius 3 is 2.63 bits per heavy atom. The number of carbonyl (C=O) groups is 2. The van der Waals surface area contributed by atoms with Crippen LogP contribution in [-0.2, 0) is 22.3 Å². The Bertz CT molecular complexity index is 1370. The molecule has 14 heteroatoms. The summed E-state index contributed by atoms with van der Waals surface area (Å²) < 4.78 is 59.3. The molecule has 0 bridgehead atoms. The van der Waals surface area contributed by atoms with E-state index in [1.807, 2.05) is 0 Å². The summed E-state index contributed by atoms with van der Waals surface area (Å²) in [6.45, 7) is -0.00433. The maximum absolute atomic E-state index is 14.1. The van der Waals surface area contributed by atoms with E-state index in [9.17, 15) is 27.2 Å². The summed E-state index contributed by atoms with van der Waals surface area (Å²) >= 11 is 6.24. The fourth-order valence-electron chi connectivity index (χ4n) is 3.80. The minimum absolute atomic E-state index is 0.00402. The zero-order valence-corrected chi connectivity index (χ0v) is 20.3. The van der Waals surface area contributed by atoms with E-state index in [2.05, 4.69) is 25.9 Å². The van der Waals surface area contributed by atoms with Gasteiger partial charge in [0, 0.05) is 25.4 Å². The molecule has 1 aromatic carbocycles. The third-order valence-electron chi connectivity index (χ3n) is 5.75. The van der Waals surface area contributed by atoms with Crippen molar-refractivity contribution in [1.29, 1.82) is 0 Å². The summed E-state index contributed by atoms with van der Waals surface area (Å²) in [6, 6.07) is 5.26. The fourth-order valence-corrected chi connectivity index (χ4v) is 4.03. The largest absolute Gasteiger partial charge is 0.418 e. The van der Waals surface area contributed by atoms with E-state index in [1.54, 1.807) is 0 Å². The maximum atomic E-state index is 14.1. The average Bonchev–Trinajstić information content (AvgIpc) is 3.33. The molecule has 0 aliphatic carbocycles. The number of anilines is 3. The molecule has 9 nitrogen and oxygen atoms in total. The van der Waals surface area contributed by atoms with Gasteiger partial charge in [0.15, 0.2) is 0 Å². The average molecular weight is 553 g/mol. The van der Waals surface area contributed by atoms with Gasteiger partial charge in [0.05, 0.1) is 58.3 Å². The van der Waals surface area contributed by atoms with Crippen molar-refractivity contribution in [3.63, 3.8) is 0 Å². The number of aromatic nitrogens is 2. The van der Waals surface area contributed by atoms with Crippen molar-refractivity contribution in [2.75, 3.05) is 24.3 Å². The molecule has 1 unspecified atom stereocenters. The smallest absolute Gasteiger partial charge is 0.397 e. The summed E-state index contributed by atoms with van der Waals surface area (Å²) in [4.78, 5) is 33.7. The Morgan fingerprint density at radius 1 is 1.18 bits per heavy atom. The first kappa shape index (κ1) is 27.1. The van der Waals surface area contributed by atoms with Gasteiger partial charge in [-0.05, 0) is 24.3 Å². The summed E-state index contributed by atoms with van der Waals surface area (Å²) in [5.41, 5.74) is 2.99. The lowest BCUT2D eigenvalue weighted by Gasteiger charge is -2.27. The van der Waals surface area contributed by atoms with E-state index >= 15 is 0 Å². The van der Waals surface area contributed by atoms with Gasteiger partial charge in [0.2, 0.25) is 5.91 Å². The summed E-state index contributed by atoms with van der Waals surface area (Å²) in [6.07, 6.45) is -0.741. The van der Waals surface area contributed by atoms with Crippen molar-refractivity contribution >= 4 is 40.5 Å². The Morgan fingerprint density at radius 2 is 1.97 bits per heavy atom. The zero-order chi connectivity index (χ0) is 27.5. The highest BCUT2D eigenvalue weighted by Crippen LogP contribution is 2.37. The van der Waals surface area contributed by atoms with Crippen LogP contribution < -0.4 is 21.7 Å². The van der Waals surface area contributed by atoms with Crippen LogP contribution in [0.15, 0.2) is 48.9 Å². The van der Waals surface area contributed by atoms with Gasteiger partial charge < -0.3 is 26.4 Å². The molecule has 2 aromatic heterocycles. The number of para-hydroxylation sites is 1. The van der Waals surface area contributed by atoms with E-state index in [0.717, 1.165) is 24.4 Å². The van der Waals surface area contributed by atoms with Crippen molar-refractivity contribution < 1.29 is 31.9 Å². The van der Waals surface area contributed by atoms with Crippen LogP contribution in [0.5, 0.6) is 0 Å². The lowest BCUT2D eigenvalue weighted by Crippen LogP contribution is -2.59. The Labute approximate surface area is 218 Å². The summed E-state index contributed by atoms with van der Waals surface area (Å²) in [5, 5.41) is 7.70. The van der Waals surface area contributed by atoms with Crippen molar-refractivity contribution in [2.45, 2.75) is 24.7 Å². The van der Waals surface area contributed by atoms with Gasteiger partial charge in [-0.1, -0.05) is 17.7 Å². The minimum atomic E-state index is -4.79. The van der Waals surface area contributed by atoms with Gasteiger partial charge in [0.25, 0.3) is 5.91 Å². The zero-order valence-electron chi connectivity index (χ0n) is 19.5. The van der Waals surface area contributed by atoms with Crippen molar-refractivity contribution in [2.24, 2.45) is 0 Å². The lowest BCUT2D eigenvalue weighted by molar-refractivity contribution is -0.137.